The lowest BCUT2D eigenvalue weighted by atomic mass is 10.2. The number of esters is 1. The van der Waals surface area contributed by atoms with Crippen LogP contribution in [0.5, 0.6) is 0 Å². The number of aryl methyl sites for hydroxylation is 1. The zero-order chi connectivity index (χ0) is 18.4. The van der Waals surface area contributed by atoms with Gasteiger partial charge in [0.05, 0.1) is 19.2 Å². The Morgan fingerprint density at radius 3 is 2.60 bits per heavy atom. The van der Waals surface area contributed by atoms with Crippen molar-refractivity contribution in [3.8, 4) is 0 Å². The van der Waals surface area contributed by atoms with E-state index in [0.29, 0.717) is 26.1 Å². The third-order valence-electron chi connectivity index (χ3n) is 3.97. The van der Waals surface area contributed by atoms with Gasteiger partial charge in [0, 0.05) is 45.8 Å². The number of sulfonamides is 1. The fourth-order valence-electron chi connectivity index (χ4n) is 2.66. The highest BCUT2D eigenvalue weighted by molar-refractivity contribution is 7.89. The van der Waals surface area contributed by atoms with Crippen molar-refractivity contribution in [2.75, 3.05) is 32.8 Å². The number of aromatic nitrogens is 2. The first-order valence-electron chi connectivity index (χ1n) is 8.26. The smallest absolute Gasteiger partial charge is 0.306 e. The number of amides is 1. The van der Waals surface area contributed by atoms with E-state index in [9.17, 15) is 18.0 Å². The minimum Gasteiger partial charge on any atom is -0.466 e. The van der Waals surface area contributed by atoms with Crippen molar-refractivity contribution in [1.29, 1.82) is 0 Å². The van der Waals surface area contributed by atoms with Crippen LogP contribution < -0.4 is 0 Å². The number of nitrogens with zero attached hydrogens (tertiary/aromatic N) is 4. The molecule has 25 heavy (non-hydrogen) atoms. The predicted octanol–water partition coefficient (Wildman–Crippen LogP) is -0.0136. The molecule has 1 aliphatic rings. The summed E-state index contributed by atoms with van der Waals surface area (Å²) in [4.78, 5) is 25.3. The van der Waals surface area contributed by atoms with Crippen molar-refractivity contribution in [1.82, 2.24) is 19.0 Å². The summed E-state index contributed by atoms with van der Waals surface area (Å²) in [7, 11) is -1.95. The van der Waals surface area contributed by atoms with E-state index in [4.69, 9.17) is 4.74 Å². The largest absolute Gasteiger partial charge is 0.466 e. The Labute approximate surface area is 147 Å². The van der Waals surface area contributed by atoms with E-state index >= 15 is 0 Å². The summed E-state index contributed by atoms with van der Waals surface area (Å²) >= 11 is 0. The summed E-state index contributed by atoms with van der Waals surface area (Å²) in [6.07, 6.45) is 3.45. The number of ether oxygens (including phenoxy) is 1. The van der Waals surface area contributed by atoms with Gasteiger partial charge in [0.1, 0.15) is 4.90 Å². The van der Waals surface area contributed by atoms with Crippen molar-refractivity contribution in [3.63, 3.8) is 0 Å². The third kappa shape index (κ3) is 5.02. The molecule has 1 amide bonds. The van der Waals surface area contributed by atoms with Crippen molar-refractivity contribution in [2.24, 2.45) is 7.05 Å². The molecule has 1 fully saturated rings. The monoisotopic (exact) mass is 372 g/mol. The maximum absolute atomic E-state index is 12.6. The lowest BCUT2D eigenvalue weighted by Gasteiger charge is -2.21. The zero-order valence-electron chi connectivity index (χ0n) is 14.5. The van der Waals surface area contributed by atoms with E-state index in [2.05, 4.69) is 5.10 Å². The molecule has 1 aromatic heterocycles. The normalized spacial score (nSPS) is 16.5. The average molecular weight is 372 g/mol. The summed E-state index contributed by atoms with van der Waals surface area (Å²) in [6, 6.07) is 0. The second-order valence-corrected chi connectivity index (χ2v) is 7.73. The van der Waals surface area contributed by atoms with Gasteiger partial charge in [-0.05, 0) is 13.3 Å². The topological polar surface area (TPSA) is 102 Å². The molecule has 0 aromatic carbocycles. The van der Waals surface area contributed by atoms with Gasteiger partial charge in [0.2, 0.25) is 15.9 Å². The number of carbonyl (C=O) groups excluding carboxylic acids is 2. The molecule has 0 aliphatic carbocycles. The van der Waals surface area contributed by atoms with Crippen molar-refractivity contribution < 1.29 is 22.7 Å². The molecule has 0 spiro atoms. The Morgan fingerprint density at radius 1 is 1.20 bits per heavy atom. The van der Waals surface area contributed by atoms with E-state index in [-0.39, 0.29) is 36.8 Å². The maximum atomic E-state index is 12.6. The van der Waals surface area contributed by atoms with Gasteiger partial charge < -0.3 is 9.64 Å². The number of rotatable bonds is 6. The molecule has 0 radical (unpaired) electrons. The fourth-order valence-corrected chi connectivity index (χ4v) is 4.12. The molecular formula is C15H24N4O5S. The first-order chi connectivity index (χ1) is 11.8. The van der Waals surface area contributed by atoms with E-state index in [1.807, 2.05) is 0 Å². The maximum Gasteiger partial charge on any atom is 0.306 e. The Kier molecular flexibility index (Phi) is 6.54. The van der Waals surface area contributed by atoms with Gasteiger partial charge in [-0.2, -0.15) is 9.40 Å². The summed E-state index contributed by atoms with van der Waals surface area (Å²) in [5.74, 6) is -0.555. The second-order valence-electron chi connectivity index (χ2n) is 5.79. The van der Waals surface area contributed by atoms with Crippen LogP contribution in [-0.2, 0) is 31.4 Å². The molecule has 140 valence electrons. The third-order valence-corrected chi connectivity index (χ3v) is 5.83. The molecule has 0 atom stereocenters. The van der Waals surface area contributed by atoms with Gasteiger partial charge >= 0.3 is 5.97 Å². The van der Waals surface area contributed by atoms with Gasteiger partial charge in [0.25, 0.3) is 0 Å². The van der Waals surface area contributed by atoms with E-state index in [1.54, 1.807) is 18.9 Å². The molecule has 0 saturated carbocycles. The Morgan fingerprint density at radius 2 is 1.96 bits per heavy atom. The van der Waals surface area contributed by atoms with Gasteiger partial charge in [-0.3, -0.25) is 14.3 Å². The Hall–Kier alpha value is -1.94. The summed E-state index contributed by atoms with van der Waals surface area (Å²) in [5, 5.41) is 3.90. The molecule has 1 aliphatic heterocycles. The minimum atomic E-state index is -3.61. The van der Waals surface area contributed by atoms with Gasteiger partial charge in [-0.25, -0.2) is 8.42 Å². The molecule has 2 rings (SSSR count). The van der Waals surface area contributed by atoms with Crippen LogP contribution in [0.1, 0.15) is 26.2 Å². The van der Waals surface area contributed by atoms with Crippen LogP contribution in [0.25, 0.3) is 0 Å². The lowest BCUT2D eigenvalue weighted by molar-refractivity contribution is -0.145. The number of hydrogen-bond acceptors (Lipinski definition) is 6. The first kappa shape index (κ1) is 19.4. The van der Waals surface area contributed by atoms with E-state index in [0.717, 1.165) is 0 Å². The van der Waals surface area contributed by atoms with Crippen molar-refractivity contribution in [2.45, 2.75) is 31.1 Å². The molecule has 1 saturated heterocycles. The van der Waals surface area contributed by atoms with Crippen LogP contribution in [-0.4, -0.2) is 72.1 Å². The summed E-state index contributed by atoms with van der Waals surface area (Å²) in [5.41, 5.74) is 0. The van der Waals surface area contributed by atoms with Crippen LogP contribution in [0, 0.1) is 0 Å². The van der Waals surface area contributed by atoms with Crippen molar-refractivity contribution >= 4 is 21.9 Å². The predicted molar refractivity (Wildman–Crippen MR) is 89.0 cm³/mol. The Bertz CT molecular complexity index is 715. The highest BCUT2D eigenvalue weighted by atomic mass is 32.2. The molecule has 10 heteroatoms. The zero-order valence-corrected chi connectivity index (χ0v) is 15.4. The lowest BCUT2D eigenvalue weighted by Crippen LogP contribution is -2.37. The van der Waals surface area contributed by atoms with Crippen molar-refractivity contribution in [3.05, 3.63) is 12.4 Å². The quantitative estimate of drug-likeness (QED) is 0.651. The summed E-state index contributed by atoms with van der Waals surface area (Å²) < 4.78 is 32.9. The van der Waals surface area contributed by atoms with Crippen LogP contribution in [0.3, 0.4) is 0 Å². The molecule has 0 bridgehead atoms. The summed E-state index contributed by atoms with van der Waals surface area (Å²) in [6.45, 7) is 3.35. The van der Waals surface area contributed by atoms with E-state index < -0.39 is 16.0 Å². The molecule has 1 aromatic rings. The highest BCUT2D eigenvalue weighted by Gasteiger charge is 2.29. The molecular weight excluding hydrogens is 348 g/mol. The Balaban J connectivity index is 1.93. The van der Waals surface area contributed by atoms with Crippen LogP contribution in [0.2, 0.25) is 0 Å². The highest BCUT2D eigenvalue weighted by Crippen LogP contribution is 2.17. The minimum absolute atomic E-state index is 0.0425. The van der Waals surface area contributed by atoms with E-state index in [1.165, 1.54) is 21.4 Å². The number of carbonyl (C=O) groups is 2. The van der Waals surface area contributed by atoms with Gasteiger partial charge in [0.15, 0.2) is 0 Å². The molecule has 2 heterocycles. The van der Waals surface area contributed by atoms with Crippen LogP contribution >= 0.6 is 0 Å². The molecule has 0 unspecified atom stereocenters. The fraction of sp³-hybridized carbons (Fsp3) is 0.667. The average Bonchev–Trinajstić information content (AvgIpc) is 2.85. The SMILES string of the molecule is CCOC(=O)CCC(=O)N1CCCN(S(=O)(=O)c2cnn(C)c2)CC1. The van der Waals surface area contributed by atoms with Crippen LogP contribution in [0.15, 0.2) is 17.3 Å². The second kappa shape index (κ2) is 8.43. The standard InChI is InChI=1S/C15H24N4O5S/c1-3-24-15(21)6-5-14(20)18-7-4-8-19(10-9-18)25(22,23)13-11-16-17(2)12-13/h11-12H,3-10H2,1-2H3. The van der Waals surface area contributed by atoms with Gasteiger partial charge in [-0.1, -0.05) is 0 Å². The van der Waals surface area contributed by atoms with Gasteiger partial charge in [-0.15, -0.1) is 0 Å². The number of hydrogen-bond donors (Lipinski definition) is 0. The van der Waals surface area contributed by atoms with Crippen LogP contribution in [0.4, 0.5) is 0 Å². The molecule has 0 N–H and O–H groups in total. The first-order valence-corrected chi connectivity index (χ1v) is 9.70. The molecule has 9 nitrogen and oxygen atoms in total.